The van der Waals surface area contributed by atoms with Crippen LogP contribution in [0.3, 0.4) is 0 Å². The zero-order valence-electron chi connectivity index (χ0n) is 8.33. The highest BCUT2D eigenvalue weighted by Crippen LogP contribution is 2.30. The number of aryl methyl sites for hydroxylation is 1. The van der Waals surface area contributed by atoms with Gasteiger partial charge in [0.2, 0.25) is 0 Å². The summed E-state index contributed by atoms with van der Waals surface area (Å²) in [7, 11) is 0. The average Bonchev–Trinajstić information content (AvgIpc) is 2.12. The smallest absolute Gasteiger partial charge is 0.119 e. The quantitative estimate of drug-likeness (QED) is 0.731. The molecule has 0 radical (unpaired) electrons. The van der Waals surface area contributed by atoms with Gasteiger partial charge < -0.3 is 10.2 Å². The maximum atomic E-state index is 9.61. The lowest BCUT2D eigenvalue weighted by Gasteiger charge is -2.15. The van der Waals surface area contributed by atoms with E-state index in [9.17, 15) is 5.11 Å². The van der Waals surface area contributed by atoms with Gasteiger partial charge in [-0.05, 0) is 31.0 Å². The maximum absolute atomic E-state index is 9.61. The number of aliphatic hydroxyl groups is 1. The van der Waals surface area contributed by atoms with Crippen molar-refractivity contribution >= 4 is 0 Å². The van der Waals surface area contributed by atoms with Crippen LogP contribution < -0.4 is 0 Å². The van der Waals surface area contributed by atoms with E-state index in [1.54, 1.807) is 6.07 Å². The minimum absolute atomic E-state index is 0.0000926. The van der Waals surface area contributed by atoms with E-state index < -0.39 is 0 Å². The molecule has 1 rings (SSSR count). The van der Waals surface area contributed by atoms with Crippen LogP contribution in [0.4, 0.5) is 0 Å². The molecule has 0 aliphatic rings. The van der Waals surface area contributed by atoms with Gasteiger partial charge in [0.05, 0.1) is 0 Å². The Balaban J connectivity index is 3.25. The molecule has 72 valence electrons. The van der Waals surface area contributed by atoms with Crippen molar-refractivity contribution in [1.82, 2.24) is 0 Å². The summed E-state index contributed by atoms with van der Waals surface area (Å²) in [4.78, 5) is 0. The molecule has 0 aliphatic carbocycles. The van der Waals surface area contributed by atoms with Gasteiger partial charge in [-0.15, -0.1) is 0 Å². The van der Waals surface area contributed by atoms with E-state index in [1.807, 2.05) is 26.8 Å². The number of rotatable bonds is 2. The highest BCUT2D eigenvalue weighted by molar-refractivity contribution is 5.45. The van der Waals surface area contributed by atoms with Crippen molar-refractivity contribution in [2.45, 2.75) is 26.7 Å². The Morgan fingerprint density at radius 2 is 1.92 bits per heavy atom. The van der Waals surface area contributed by atoms with Crippen molar-refractivity contribution in [2.24, 2.45) is 0 Å². The first-order chi connectivity index (χ1) is 6.07. The van der Waals surface area contributed by atoms with Crippen LogP contribution in [0.25, 0.3) is 0 Å². The van der Waals surface area contributed by atoms with Gasteiger partial charge >= 0.3 is 0 Å². The Morgan fingerprint density at radius 1 is 1.31 bits per heavy atom. The summed E-state index contributed by atoms with van der Waals surface area (Å²) in [5.41, 5.74) is 3.08. The Morgan fingerprint density at radius 3 is 2.46 bits per heavy atom. The lowest BCUT2D eigenvalue weighted by molar-refractivity contribution is 0.270. The molecule has 1 aromatic rings. The predicted molar refractivity (Wildman–Crippen MR) is 53.1 cm³/mol. The summed E-state index contributed by atoms with van der Waals surface area (Å²) in [6.45, 7) is 5.94. The second-order valence-corrected chi connectivity index (χ2v) is 3.52. The normalized spacial score (nSPS) is 12.9. The largest absolute Gasteiger partial charge is 0.508 e. The number of aromatic hydroxyl groups is 1. The molecule has 2 heteroatoms. The zero-order valence-corrected chi connectivity index (χ0v) is 8.33. The van der Waals surface area contributed by atoms with Crippen molar-refractivity contribution in [3.05, 3.63) is 28.8 Å². The predicted octanol–water partition coefficient (Wildman–Crippen LogP) is 2.10. The van der Waals surface area contributed by atoms with Gasteiger partial charge in [0, 0.05) is 18.1 Å². The molecule has 0 heterocycles. The van der Waals surface area contributed by atoms with E-state index in [2.05, 4.69) is 0 Å². The summed E-state index contributed by atoms with van der Waals surface area (Å²) in [5.74, 6) is 0.282. The molecule has 1 unspecified atom stereocenters. The minimum atomic E-state index is -0.0000926. The fourth-order valence-electron chi connectivity index (χ4n) is 1.54. The third kappa shape index (κ3) is 1.83. The molecule has 13 heavy (non-hydrogen) atoms. The molecule has 1 atom stereocenters. The van der Waals surface area contributed by atoms with Crippen LogP contribution in [0.5, 0.6) is 5.75 Å². The van der Waals surface area contributed by atoms with Gasteiger partial charge in [0.15, 0.2) is 0 Å². The molecule has 0 saturated carbocycles. The van der Waals surface area contributed by atoms with E-state index in [0.717, 1.165) is 16.7 Å². The van der Waals surface area contributed by atoms with Gasteiger partial charge in [-0.3, -0.25) is 0 Å². The highest BCUT2D eigenvalue weighted by Gasteiger charge is 2.13. The Hall–Kier alpha value is -1.02. The number of hydrogen-bond donors (Lipinski definition) is 2. The number of phenols is 1. The van der Waals surface area contributed by atoms with Crippen LogP contribution in [0.1, 0.15) is 29.5 Å². The van der Waals surface area contributed by atoms with Crippen molar-refractivity contribution in [3.63, 3.8) is 0 Å². The van der Waals surface area contributed by atoms with E-state index >= 15 is 0 Å². The van der Waals surface area contributed by atoms with Crippen molar-refractivity contribution < 1.29 is 10.2 Å². The standard InChI is InChI=1S/C11H16O2/c1-7-4-5-10(13)11(9(7)3)8(2)6-12/h4-5,8,12-13H,6H2,1-3H3. The molecule has 2 nitrogen and oxygen atoms in total. The second kappa shape index (κ2) is 3.79. The lowest BCUT2D eigenvalue weighted by atomic mass is 9.93. The van der Waals surface area contributed by atoms with Crippen LogP contribution in [-0.4, -0.2) is 16.8 Å². The minimum Gasteiger partial charge on any atom is -0.508 e. The molecule has 1 aromatic carbocycles. The molecule has 2 N–H and O–H groups in total. The monoisotopic (exact) mass is 180 g/mol. The first-order valence-corrected chi connectivity index (χ1v) is 4.47. The van der Waals surface area contributed by atoms with Crippen LogP contribution in [0.15, 0.2) is 12.1 Å². The van der Waals surface area contributed by atoms with Crippen LogP contribution in [-0.2, 0) is 0 Å². The summed E-state index contributed by atoms with van der Waals surface area (Å²) in [6.07, 6.45) is 0. The van der Waals surface area contributed by atoms with Crippen molar-refractivity contribution in [3.8, 4) is 5.75 Å². The number of hydrogen-bond acceptors (Lipinski definition) is 2. The average molecular weight is 180 g/mol. The van der Waals surface area contributed by atoms with E-state index in [0.29, 0.717) is 0 Å². The zero-order chi connectivity index (χ0) is 10.0. The van der Waals surface area contributed by atoms with Crippen LogP contribution >= 0.6 is 0 Å². The molecule has 0 aromatic heterocycles. The van der Waals surface area contributed by atoms with Gasteiger partial charge in [-0.1, -0.05) is 13.0 Å². The van der Waals surface area contributed by atoms with Crippen molar-refractivity contribution in [2.75, 3.05) is 6.61 Å². The van der Waals surface area contributed by atoms with Gasteiger partial charge in [-0.25, -0.2) is 0 Å². The maximum Gasteiger partial charge on any atom is 0.119 e. The van der Waals surface area contributed by atoms with Gasteiger partial charge in [0.25, 0.3) is 0 Å². The first kappa shape index (κ1) is 10.1. The molecular weight excluding hydrogens is 164 g/mol. The highest BCUT2D eigenvalue weighted by atomic mass is 16.3. The molecular formula is C11H16O2. The Labute approximate surface area is 78.8 Å². The first-order valence-electron chi connectivity index (χ1n) is 4.47. The van der Waals surface area contributed by atoms with Gasteiger partial charge in [0.1, 0.15) is 5.75 Å². The third-order valence-corrected chi connectivity index (χ3v) is 2.53. The summed E-state index contributed by atoms with van der Waals surface area (Å²) < 4.78 is 0. The number of aliphatic hydroxyl groups excluding tert-OH is 1. The summed E-state index contributed by atoms with van der Waals surface area (Å²) in [6, 6.07) is 3.57. The second-order valence-electron chi connectivity index (χ2n) is 3.52. The molecule has 0 aliphatic heterocycles. The van der Waals surface area contributed by atoms with Crippen LogP contribution in [0, 0.1) is 13.8 Å². The summed E-state index contributed by atoms with van der Waals surface area (Å²) >= 11 is 0. The van der Waals surface area contributed by atoms with E-state index in [4.69, 9.17) is 5.11 Å². The Bertz CT molecular complexity index is 305. The molecule has 0 saturated heterocycles. The SMILES string of the molecule is Cc1ccc(O)c(C(C)CO)c1C. The Kier molecular flexibility index (Phi) is 2.94. The van der Waals surface area contributed by atoms with Crippen molar-refractivity contribution in [1.29, 1.82) is 0 Å². The van der Waals surface area contributed by atoms with E-state index in [1.165, 1.54) is 0 Å². The molecule has 0 fully saturated rings. The van der Waals surface area contributed by atoms with Gasteiger partial charge in [-0.2, -0.15) is 0 Å². The topological polar surface area (TPSA) is 40.5 Å². The molecule has 0 bridgehead atoms. The number of benzene rings is 1. The lowest BCUT2D eigenvalue weighted by Crippen LogP contribution is -2.03. The van der Waals surface area contributed by atoms with E-state index in [-0.39, 0.29) is 18.3 Å². The number of phenolic OH excluding ortho intramolecular Hbond substituents is 1. The third-order valence-electron chi connectivity index (χ3n) is 2.53. The summed E-state index contributed by atoms with van der Waals surface area (Å²) in [5, 5.41) is 18.6. The molecule has 0 amide bonds. The fourth-order valence-corrected chi connectivity index (χ4v) is 1.54. The van der Waals surface area contributed by atoms with Crippen LogP contribution in [0.2, 0.25) is 0 Å². The molecule has 0 spiro atoms. The fraction of sp³-hybridized carbons (Fsp3) is 0.455.